The lowest BCUT2D eigenvalue weighted by molar-refractivity contribution is -0.208. The Kier molecular flexibility index (Phi) is 19.4. The molecule has 0 bridgehead atoms. The number of alkyl carbamates (subject to hydrolysis) is 1. The highest BCUT2D eigenvalue weighted by Crippen LogP contribution is 2.45. The van der Waals surface area contributed by atoms with Crippen LogP contribution in [0.25, 0.3) is 0 Å². The van der Waals surface area contributed by atoms with Crippen molar-refractivity contribution in [3.8, 4) is 5.75 Å². The van der Waals surface area contributed by atoms with Crippen molar-refractivity contribution in [2.45, 2.75) is 136 Å². The standard InChI is InChI=1S/C40H64N4O14S/c1-10-54-34(48)31(24-27-17-19-29(45)20-18-27)44(37(51)55-11-2)58-35(49)40(21-13-14-22-40)25-28(33(47)56-38(3,4)5)26-42-32(46)30(43-59(9,52)53)16-12-15-23-41-36(50)57-39(6,7)8/h17-20,28,30-31,43,45H,10-16,21-26H2,1-9H3,(H,41,50)(H,42,46)/t28-,30-,31-/m0/s1. The largest absolute Gasteiger partial charge is 0.508 e. The Morgan fingerprint density at radius 2 is 1.44 bits per heavy atom. The highest BCUT2D eigenvalue weighted by molar-refractivity contribution is 7.88. The predicted octanol–water partition coefficient (Wildman–Crippen LogP) is 4.42. The molecule has 1 aliphatic carbocycles. The monoisotopic (exact) mass is 856 g/mol. The molecule has 0 aliphatic heterocycles. The molecule has 334 valence electrons. The summed E-state index contributed by atoms with van der Waals surface area (Å²) in [6.45, 7) is 13.0. The van der Waals surface area contributed by atoms with E-state index in [1.54, 1.807) is 48.5 Å². The smallest absolute Gasteiger partial charge is 0.444 e. The third-order valence-electron chi connectivity index (χ3n) is 8.99. The summed E-state index contributed by atoms with van der Waals surface area (Å²) >= 11 is 0. The van der Waals surface area contributed by atoms with Gasteiger partial charge in [-0.2, -0.15) is 0 Å². The number of rotatable bonds is 20. The van der Waals surface area contributed by atoms with E-state index in [-0.39, 0.29) is 64.2 Å². The first-order chi connectivity index (χ1) is 27.4. The number of nitrogens with zero attached hydrogens (tertiary/aromatic N) is 1. The molecule has 19 heteroatoms. The second-order valence-electron chi connectivity index (χ2n) is 16.6. The van der Waals surface area contributed by atoms with Crippen LogP contribution in [0.1, 0.15) is 112 Å². The zero-order valence-electron chi connectivity index (χ0n) is 35.8. The first-order valence-electron chi connectivity index (χ1n) is 20.0. The number of carbonyl (C=O) groups excluding carboxylic acids is 6. The Balaban J connectivity index is 2.38. The van der Waals surface area contributed by atoms with Crippen molar-refractivity contribution in [3.63, 3.8) is 0 Å². The second-order valence-corrected chi connectivity index (χ2v) is 18.4. The van der Waals surface area contributed by atoms with Gasteiger partial charge in [0.15, 0.2) is 6.04 Å². The second kappa shape index (κ2) is 22.6. The van der Waals surface area contributed by atoms with Crippen LogP contribution in [-0.2, 0) is 59.4 Å². The van der Waals surface area contributed by atoms with Crippen molar-refractivity contribution in [1.82, 2.24) is 20.4 Å². The third kappa shape index (κ3) is 18.4. The van der Waals surface area contributed by atoms with E-state index in [0.717, 1.165) is 6.26 Å². The fourth-order valence-corrected chi connectivity index (χ4v) is 7.16. The van der Waals surface area contributed by atoms with Gasteiger partial charge in [0.1, 0.15) is 23.0 Å². The number of sulfonamides is 1. The van der Waals surface area contributed by atoms with Gasteiger partial charge in [0.25, 0.3) is 0 Å². The molecule has 18 nitrogen and oxygen atoms in total. The van der Waals surface area contributed by atoms with Crippen molar-refractivity contribution in [2.75, 3.05) is 32.6 Å². The van der Waals surface area contributed by atoms with E-state index < -0.39 is 80.6 Å². The molecule has 1 fully saturated rings. The number of phenols is 1. The topological polar surface area (TPSA) is 242 Å². The van der Waals surface area contributed by atoms with E-state index in [9.17, 15) is 42.3 Å². The van der Waals surface area contributed by atoms with Crippen LogP contribution in [-0.4, -0.2) is 110 Å². The fourth-order valence-electron chi connectivity index (χ4n) is 6.42. The van der Waals surface area contributed by atoms with Gasteiger partial charge in [0, 0.05) is 19.5 Å². The summed E-state index contributed by atoms with van der Waals surface area (Å²) in [6, 6.07) is 3.13. The molecule has 0 unspecified atom stereocenters. The van der Waals surface area contributed by atoms with Gasteiger partial charge in [-0.3, -0.25) is 9.59 Å². The number of ether oxygens (including phenoxy) is 4. The molecule has 2 rings (SSSR count). The summed E-state index contributed by atoms with van der Waals surface area (Å²) in [5.74, 6) is -4.44. The molecule has 0 spiro atoms. The van der Waals surface area contributed by atoms with Gasteiger partial charge in [-0.05, 0) is 112 Å². The van der Waals surface area contributed by atoms with Crippen LogP contribution in [0.2, 0.25) is 0 Å². The number of amides is 3. The number of hydrogen-bond acceptors (Lipinski definition) is 14. The molecule has 1 aliphatic rings. The molecule has 3 amide bonds. The lowest BCUT2D eigenvalue weighted by atomic mass is 9.77. The lowest BCUT2D eigenvalue weighted by Crippen LogP contribution is -2.51. The molecule has 1 aromatic rings. The maximum absolute atomic E-state index is 14.4. The number of benzene rings is 1. The third-order valence-corrected chi connectivity index (χ3v) is 9.70. The van der Waals surface area contributed by atoms with Gasteiger partial charge in [-0.1, -0.05) is 25.0 Å². The highest BCUT2D eigenvalue weighted by atomic mass is 32.2. The Bertz CT molecular complexity index is 1680. The maximum Gasteiger partial charge on any atom is 0.444 e. The molecular weight excluding hydrogens is 793 g/mol. The average molecular weight is 857 g/mol. The van der Waals surface area contributed by atoms with Crippen LogP contribution >= 0.6 is 0 Å². The molecule has 59 heavy (non-hydrogen) atoms. The number of aromatic hydroxyl groups is 1. The molecule has 0 radical (unpaired) electrons. The number of hydrogen-bond donors (Lipinski definition) is 4. The van der Waals surface area contributed by atoms with Crippen molar-refractivity contribution in [1.29, 1.82) is 0 Å². The van der Waals surface area contributed by atoms with Crippen LogP contribution in [0.5, 0.6) is 5.75 Å². The minimum atomic E-state index is -3.87. The zero-order chi connectivity index (χ0) is 44.6. The van der Waals surface area contributed by atoms with Gasteiger partial charge in [-0.15, -0.1) is 5.06 Å². The average Bonchev–Trinajstić information content (AvgIpc) is 3.59. The molecule has 0 aromatic heterocycles. The van der Waals surface area contributed by atoms with Crippen LogP contribution < -0.4 is 15.4 Å². The molecule has 4 N–H and O–H groups in total. The van der Waals surface area contributed by atoms with Crippen LogP contribution in [0, 0.1) is 11.3 Å². The summed E-state index contributed by atoms with van der Waals surface area (Å²) in [5.41, 5.74) is -2.53. The van der Waals surface area contributed by atoms with Crippen molar-refractivity contribution in [3.05, 3.63) is 29.8 Å². The van der Waals surface area contributed by atoms with E-state index in [4.69, 9.17) is 23.8 Å². The number of unbranched alkanes of at least 4 members (excludes halogenated alkanes) is 1. The Morgan fingerprint density at radius 1 is 0.847 bits per heavy atom. The van der Waals surface area contributed by atoms with E-state index in [0.29, 0.717) is 36.3 Å². The molecule has 1 saturated carbocycles. The number of hydroxylamine groups is 2. The van der Waals surface area contributed by atoms with Crippen molar-refractivity contribution < 1.29 is 66.1 Å². The first-order valence-corrected chi connectivity index (χ1v) is 21.9. The summed E-state index contributed by atoms with van der Waals surface area (Å²) in [4.78, 5) is 86.3. The molecular formula is C40H64N4O14S. The quantitative estimate of drug-likeness (QED) is 0.0615. The summed E-state index contributed by atoms with van der Waals surface area (Å²) in [6.07, 6.45) is 1.15. The molecule has 0 saturated heterocycles. The minimum absolute atomic E-state index is 0.0270. The van der Waals surface area contributed by atoms with Crippen LogP contribution in [0.15, 0.2) is 24.3 Å². The van der Waals surface area contributed by atoms with Gasteiger partial charge >= 0.3 is 30.1 Å². The first kappa shape index (κ1) is 50.5. The van der Waals surface area contributed by atoms with Crippen LogP contribution in [0.4, 0.5) is 9.59 Å². The molecule has 3 atom stereocenters. The van der Waals surface area contributed by atoms with Crippen LogP contribution in [0.3, 0.4) is 0 Å². The number of carbonyl (C=O) groups is 6. The van der Waals surface area contributed by atoms with Gasteiger partial charge in [0.2, 0.25) is 15.9 Å². The fraction of sp³-hybridized carbons (Fsp3) is 0.700. The minimum Gasteiger partial charge on any atom is -0.508 e. The van der Waals surface area contributed by atoms with Gasteiger partial charge < -0.3 is 39.5 Å². The van der Waals surface area contributed by atoms with E-state index in [1.165, 1.54) is 31.2 Å². The number of nitrogens with one attached hydrogen (secondary N) is 3. The SMILES string of the molecule is CCOC(=O)[C@H](Cc1ccc(O)cc1)N(OC(=O)C1(C[C@@H](CNC(=O)[C@H](CCCCNC(=O)OC(C)(C)C)NS(C)(=O)=O)C(=O)OC(C)(C)C)CCCC1)C(=O)OCC. The zero-order valence-corrected chi connectivity index (χ0v) is 36.7. The summed E-state index contributed by atoms with van der Waals surface area (Å²) in [7, 11) is -3.87. The molecule has 1 aromatic carbocycles. The lowest BCUT2D eigenvalue weighted by Gasteiger charge is -2.34. The van der Waals surface area contributed by atoms with Gasteiger partial charge in [0.05, 0.1) is 30.8 Å². The van der Waals surface area contributed by atoms with E-state index in [2.05, 4.69) is 15.4 Å². The van der Waals surface area contributed by atoms with Crippen molar-refractivity contribution in [2.24, 2.45) is 11.3 Å². The summed E-state index contributed by atoms with van der Waals surface area (Å²) < 4.78 is 48.2. The van der Waals surface area contributed by atoms with E-state index in [1.807, 2.05) is 0 Å². The Hall–Kier alpha value is -4.65. The predicted molar refractivity (Wildman–Crippen MR) is 215 cm³/mol. The summed E-state index contributed by atoms with van der Waals surface area (Å²) in [5, 5.41) is 15.6. The van der Waals surface area contributed by atoms with E-state index >= 15 is 0 Å². The van der Waals surface area contributed by atoms with Gasteiger partial charge in [-0.25, -0.2) is 32.3 Å². The Labute approximate surface area is 347 Å². The highest BCUT2D eigenvalue weighted by Gasteiger charge is 2.49. The molecule has 0 heterocycles. The number of phenolic OH excluding ortho intramolecular Hbond substituents is 1. The number of esters is 2. The maximum atomic E-state index is 14.4. The van der Waals surface area contributed by atoms with Crippen molar-refractivity contribution >= 4 is 46.0 Å². The normalized spacial score (nSPS) is 15.5. The Morgan fingerprint density at radius 3 is 1.98 bits per heavy atom.